The number of hydrogen-bond acceptors (Lipinski definition) is 4. The molecular formula is C16H18N2O3. The van der Waals surface area contributed by atoms with Gasteiger partial charge in [0.1, 0.15) is 17.2 Å². The molecule has 2 rings (SSSR count). The summed E-state index contributed by atoms with van der Waals surface area (Å²) in [5.41, 5.74) is 12.4. The van der Waals surface area contributed by atoms with Crippen LogP contribution in [0.2, 0.25) is 0 Å². The Labute approximate surface area is 123 Å². The summed E-state index contributed by atoms with van der Waals surface area (Å²) in [6, 6.07) is 11.9. The van der Waals surface area contributed by atoms with Crippen molar-refractivity contribution in [3.63, 3.8) is 0 Å². The van der Waals surface area contributed by atoms with Crippen LogP contribution in [0.15, 0.2) is 42.5 Å². The normalized spacial score (nSPS) is 11.8. The maximum Gasteiger partial charge on any atom is 0.248 e. The first-order valence-corrected chi connectivity index (χ1v) is 6.53. The van der Waals surface area contributed by atoms with Gasteiger partial charge >= 0.3 is 0 Å². The van der Waals surface area contributed by atoms with Crippen molar-refractivity contribution in [2.45, 2.75) is 13.0 Å². The molecule has 0 heterocycles. The average molecular weight is 286 g/mol. The minimum Gasteiger partial charge on any atom is -0.496 e. The molecule has 0 saturated carbocycles. The molecule has 0 aliphatic heterocycles. The predicted molar refractivity (Wildman–Crippen MR) is 80.6 cm³/mol. The van der Waals surface area contributed by atoms with E-state index in [2.05, 4.69) is 0 Å². The Kier molecular flexibility index (Phi) is 4.45. The topological polar surface area (TPSA) is 87.6 Å². The number of carbonyl (C=O) groups excluding carboxylic acids is 1. The Morgan fingerprint density at radius 1 is 1.10 bits per heavy atom. The average Bonchev–Trinajstić information content (AvgIpc) is 2.47. The van der Waals surface area contributed by atoms with Gasteiger partial charge in [-0.05, 0) is 43.3 Å². The highest BCUT2D eigenvalue weighted by Crippen LogP contribution is 2.35. The summed E-state index contributed by atoms with van der Waals surface area (Å²) in [6.45, 7) is 1.86. The lowest BCUT2D eigenvalue weighted by Gasteiger charge is -2.17. The van der Waals surface area contributed by atoms with Crippen molar-refractivity contribution < 1.29 is 14.3 Å². The largest absolute Gasteiger partial charge is 0.496 e. The number of methoxy groups -OCH3 is 1. The number of amides is 1. The van der Waals surface area contributed by atoms with Crippen LogP contribution in [0.4, 0.5) is 0 Å². The van der Waals surface area contributed by atoms with E-state index in [4.69, 9.17) is 20.9 Å². The molecule has 1 unspecified atom stereocenters. The number of ether oxygens (including phenoxy) is 2. The highest BCUT2D eigenvalue weighted by atomic mass is 16.5. The lowest BCUT2D eigenvalue weighted by atomic mass is 10.1. The van der Waals surface area contributed by atoms with Crippen LogP contribution in [0.1, 0.15) is 28.9 Å². The zero-order valence-corrected chi connectivity index (χ0v) is 12.0. The van der Waals surface area contributed by atoms with Gasteiger partial charge in [-0.25, -0.2) is 0 Å². The molecule has 1 atom stereocenters. The monoisotopic (exact) mass is 286 g/mol. The van der Waals surface area contributed by atoms with E-state index >= 15 is 0 Å². The van der Waals surface area contributed by atoms with Crippen LogP contribution in [0, 0.1) is 0 Å². The van der Waals surface area contributed by atoms with Crippen molar-refractivity contribution in [3.8, 4) is 17.2 Å². The van der Waals surface area contributed by atoms with Gasteiger partial charge in [-0.15, -0.1) is 0 Å². The Morgan fingerprint density at radius 3 is 2.24 bits per heavy atom. The molecule has 1 amide bonds. The standard InChI is InChI=1S/C16H18N2O3/c1-10(17)15-13(20-2)4-3-5-14(15)21-12-8-6-11(7-9-12)16(18)19/h3-10H,17H2,1-2H3,(H2,18,19). The van der Waals surface area contributed by atoms with Crippen LogP contribution in [0.25, 0.3) is 0 Å². The highest BCUT2D eigenvalue weighted by molar-refractivity contribution is 5.92. The number of rotatable bonds is 5. The zero-order valence-electron chi connectivity index (χ0n) is 12.0. The van der Waals surface area contributed by atoms with E-state index in [-0.39, 0.29) is 6.04 Å². The van der Waals surface area contributed by atoms with E-state index in [0.29, 0.717) is 22.8 Å². The van der Waals surface area contributed by atoms with Crippen LogP contribution in [-0.2, 0) is 0 Å². The van der Waals surface area contributed by atoms with Crippen molar-refractivity contribution in [1.29, 1.82) is 0 Å². The molecule has 5 nitrogen and oxygen atoms in total. The van der Waals surface area contributed by atoms with Gasteiger partial charge in [0.05, 0.1) is 12.7 Å². The molecule has 2 aromatic carbocycles. The van der Waals surface area contributed by atoms with Gasteiger partial charge in [-0.2, -0.15) is 0 Å². The van der Waals surface area contributed by atoms with E-state index in [0.717, 1.165) is 5.56 Å². The van der Waals surface area contributed by atoms with E-state index in [1.165, 1.54) is 0 Å². The van der Waals surface area contributed by atoms with Gasteiger partial charge < -0.3 is 20.9 Å². The fourth-order valence-corrected chi connectivity index (χ4v) is 2.05. The first kappa shape index (κ1) is 14.9. The molecule has 0 radical (unpaired) electrons. The third-order valence-electron chi connectivity index (χ3n) is 3.07. The summed E-state index contributed by atoms with van der Waals surface area (Å²) in [4.78, 5) is 11.0. The molecule has 0 aliphatic rings. The molecule has 21 heavy (non-hydrogen) atoms. The summed E-state index contributed by atoms with van der Waals surface area (Å²) in [7, 11) is 1.59. The summed E-state index contributed by atoms with van der Waals surface area (Å²) in [6.07, 6.45) is 0. The Balaban J connectivity index is 2.33. The summed E-state index contributed by atoms with van der Waals surface area (Å²) >= 11 is 0. The maximum absolute atomic E-state index is 11.0. The SMILES string of the molecule is COc1cccc(Oc2ccc(C(N)=O)cc2)c1C(C)N. The molecule has 0 saturated heterocycles. The molecule has 0 fully saturated rings. The van der Waals surface area contributed by atoms with Gasteiger partial charge in [0, 0.05) is 11.6 Å². The predicted octanol–water partition coefficient (Wildman–Crippen LogP) is 2.61. The maximum atomic E-state index is 11.0. The van der Waals surface area contributed by atoms with Gasteiger partial charge in [0.2, 0.25) is 5.91 Å². The van der Waals surface area contributed by atoms with Crippen LogP contribution in [-0.4, -0.2) is 13.0 Å². The van der Waals surface area contributed by atoms with E-state index in [1.807, 2.05) is 25.1 Å². The first-order valence-electron chi connectivity index (χ1n) is 6.53. The van der Waals surface area contributed by atoms with Crippen molar-refractivity contribution in [2.75, 3.05) is 7.11 Å². The van der Waals surface area contributed by atoms with Crippen LogP contribution in [0.5, 0.6) is 17.2 Å². The molecule has 110 valence electrons. The van der Waals surface area contributed by atoms with Crippen LogP contribution in [0.3, 0.4) is 0 Å². The molecule has 4 N–H and O–H groups in total. The van der Waals surface area contributed by atoms with E-state index in [9.17, 15) is 4.79 Å². The van der Waals surface area contributed by atoms with Crippen molar-refractivity contribution in [2.24, 2.45) is 11.5 Å². The number of nitrogens with two attached hydrogens (primary N) is 2. The lowest BCUT2D eigenvalue weighted by molar-refractivity contribution is 0.100. The van der Waals surface area contributed by atoms with E-state index in [1.54, 1.807) is 31.4 Å². The Morgan fingerprint density at radius 2 is 1.71 bits per heavy atom. The number of primary amides is 1. The molecular weight excluding hydrogens is 268 g/mol. The van der Waals surface area contributed by atoms with Crippen molar-refractivity contribution in [3.05, 3.63) is 53.6 Å². The molecule has 0 spiro atoms. The molecule has 0 aromatic heterocycles. The van der Waals surface area contributed by atoms with Gasteiger partial charge in [0.25, 0.3) is 0 Å². The second-order valence-corrected chi connectivity index (χ2v) is 4.65. The molecule has 5 heteroatoms. The second-order valence-electron chi connectivity index (χ2n) is 4.65. The molecule has 2 aromatic rings. The number of carbonyl (C=O) groups is 1. The van der Waals surface area contributed by atoms with Gasteiger partial charge in [0.15, 0.2) is 0 Å². The minimum absolute atomic E-state index is 0.235. The van der Waals surface area contributed by atoms with E-state index < -0.39 is 5.91 Å². The number of hydrogen-bond donors (Lipinski definition) is 2. The lowest BCUT2D eigenvalue weighted by Crippen LogP contribution is -2.10. The summed E-state index contributed by atoms with van der Waals surface area (Å²) < 4.78 is 11.2. The third-order valence-corrected chi connectivity index (χ3v) is 3.07. The minimum atomic E-state index is -0.473. The fourth-order valence-electron chi connectivity index (χ4n) is 2.05. The van der Waals surface area contributed by atoms with Gasteiger partial charge in [-0.1, -0.05) is 6.07 Å². The Hall–Kier alpha value is -2.53. The molecule has 0 bridgehead atoms. The van der Waals surface area contributed by atoms with Crippen LogP contribution >= 0.6 is 0 Å². The first-order chi connectivity index (χ1) is 10.0. The highest BCUT2D eigenvalue weighted by Gasteiger charge is 2.15. The summed E-state index contributed by atoms with van der Waals surface area (Å²) in [5, 5.41) is 0. The van der Waals surface area contributed by atoms with Gasteiger partial charge in [-0.3, -0.25) is 4.79 Å². The van der Waals surface area contributed by atoms with Crippen LogP contribution < -0.4 is 20.9 Å². The van der Waals surface area contributed by atoms with Crippen molar-refractivity contribution in [1.82, 2.24) is 0 Å². The van der Waals surface area contributed by atoms with Crippen molar-refractivity contribution >= 4 is 5.91 Å². The smallest absolute Gasteiger partial charge is 0.248 e. The number of benzene rings is 2. The zero-order chi connectivity index (χ0) is 15.4. The quantitative estimate of drug-likeness (QED) is 0.884. The Bertz CT molecular complexity index is 636. The third kappa shape index (κ3) is 3.32. The second kappa shape index (κ2) is 6.28. The molecule has 0 aliphatic carbocycles. The fraction of sp³-hybridized carbons (Fsp3) is 0.188. The summed E-state index contributed by atoms with van der Waals surface area (Å²) in [5.74, 6) is 1.42.